The number of hydrogen-bond acceptors (Lipinski definition) is 5. The van der Waals surface area contributed by atoms with Gasteiger partial charge >= 0.3 is 5.97 Å². The Hall–Kier alpha value is -2.65. The Morgan fingerprint density at radius 3 is 3.08 bits per heavy atom. The maximum absolute atomic E-state index is 12.9. The fourth-order valence-electron chi connectivity index (χ4n) is 2.99. The van der Waals surface area contributed by atoms with Crippen LogP contribution in [-0.4, -0.2) is 63.0 Å². The first-order valence-electron chi connectivity index (χ1n) is 7.83. The van der Waals surface area contributed by atoms with Crippen molar-refractivity contribution < 1.29 is 19.4 Å². The van der Waals surface area contributed by atoms with Crippen LogP contribution in [0.1, 0.15) is 26.9 Å². The number of carboxylic acid groups (broad SMARTS) is 1. The number of aromatic carboxylic acids is 1. The average Bonchev–Trinajstić information content (AvgIpc) is 3.28. The van der Waals surface area contributed by atoms with Gasteiger partial charge in [-0.2, -0.15) is 5.10 Å². The highest BCUT2D eigenvalue weighted by Gasteiger charge is 2.26. The van der Waals surface area contributed by atoms with Crippen LogP contribution in [0.4, 0.5) is 0 Å². The minimum atomic E-state index is -1.01. The van der Waals surface area contributed by atoms with E-state index in [0.717, 1.165) is 4.70 Å². The summed E-state index contributed by atoms with van der Waals surface area (Å²) in [6.45, 7) is 1.92. The maximum atomic E-state index is 12.9. The number of amides is 1. The van der Waals surface area contributed by atoms with Crippen LogP contribution in [0.25, 0.3) is 10.2 Å². The molecule has 8 nitrogen and oxygen atoms in total. The molecular weight excluding hydrogens is 344 g/mol. The Balaban J connectivity index is 1.59. The third-order valence-corrected chi connectivity index (χ3v) is 5.18. The Labute approximate surface area is 146 Å². The van der Waals surface area contributed by atoms with Crippen LogP contribution in [0.3, 0.4) is 0 Å². The van der Waals surface area contributed by atoms with E-state index in [1.54, 1.807) is 27.2 Å². The van der Waals surface area contributed by atoms with E-state index in [-0.39, 0.29) is 17.5 Å². The Kier molecular flexibility index (Phi) is 4.02. The van der Waals surface area contributed by atoms with Gasteiger partial charge in [0, 0.05) is 30.9 Å². The quantitative estimate of drug-likeness (QED) is 0.742. The number of aromatic nitrogens is 3. The SMILES string of the molecule is O=C(O)c1csc2cc(C(=O)N3CCOCC(n4cccn4)C3)[nH]c12. The smallest absolute Gasteiger partial charge is 0.338 e. The topological polar surface area (TPSA) is 100 Å². The highest BCUT2D eigenvalue weighted by molar-refractivity contribution is 7.17. The zero-order valence-electron chi connectivity index (χ0n) is 13.2. The number of carbonyl (C=O) groups excluding carboxylic acids is 1. The normalized spacial score (nSPS) is 18.4. The fraction of sp³-hybridized carbons (Fsp3) is 0.312. The highest BCUT2D eigenvalue weighted by Crippen LogP contribution is 2.27. The van der Waals surface area contributed by atoms with Gasteiger partial charge in [0.05, 0.1) is 35.0 Å². The number of ether oxygens (including phenoxy) is 1. The van der Waals surface area contributed by atoms with Crippen molar-refractivity contribution in [3.63, 3.8) is 0 Å². The molecule has 0 aliphatic carbocycles. The molecule has 0 spiro atoms. The molecule has 0 aromatic carbocycles. The monoisotopic (exact) mass is 360 g/mol. The van der Waals surface area contributed by atoms with Gasteiger partial charge in [0.1, 0.15) is 5.69 Å². The summed E-state index contributed by atoms with van der Waals surface area (Å²) in [6, 6.07) is 3.50. The van der Waals surface area contributed by atoms with Gasteiger partial charge in [-0.05, 0) is 12.1 Å². The Morgan fingerprint density at radius 2 is 2.32 bits per heavy atom. The largest absolute Gasteiger partial charge is 0.478 e. The van der Waals surface area contributed by atoms with Crippen LogP contribution in [0.5, 0.6) is 0 Å². The van der Waals surface area contributed by atoms with Crippen molar-refractivity contribution in [1.29, 1.82) is 0 Å². The summed E-state index contributed by atoms with van der Waals surface area (Å²) in [4.78, 5) is 28.8. The summed E-state index contributed by atoms with van der Waals surface area (Å²) in [7, 11) is 0. The molecule has 1 aliphatic rings. The zero-order valence-corrected chi connectivity index (χ0v) is 14.0. The van der Waals surface area contributed by atoms with Crippen LogP contribution < -0.4 is 0 Å². The molecule has 2 N–H and O–H groups in total. The summed E-state index contributed by atoms with van der Waals surface area (Å²) < 4.78 is 8.15. The number of nitrogens with one attached hydrogen (secondary N) is 1. The van der Waals surface area contributed by atoms with Gasteiger partial charge in [-0.15, -0.1) is 11.3 Å². The summed E-state index contributed by atoms with van der Waals surface area (Å²) in [5.74, 6) is -1.17. The molecule has 1 atom stereocenters. The Morgan fingerprint density at radius 1 is 1.44 bits per heavy atom. The lowest BCUT2D eigenvalue weighted by Crippen LogP contribution is -2.37. The van der Waals surface area contributed by atoms with Crippen molar-refractivity contribution in [3.8, 4) is 0 Å². The van der Waals surface area contributed by atoms with Gasteiger partial charge in [0.15, 0.2) is 0 Å². The molecule has 1 fully saturated rings. The molecule has 130 valence electrons. The molecule has 3 aromatic rings. The standard InChI is InChI=1S/C16H16N4O4S/c21-15(12-6-13-14(18-12)11(9-25-13)16(22)23)19-4-5-24-8-10(7-19)20-3-1-2-17-20/h1-3,6,9-10,18H,4-5,7-8H2,(H,22,23). The number of aromatic amines is 1. The molecule has 4 rings (SSSR count). The lowest BCUT2D eigenvalue weighted by molar-refractivity contribution is 0.0696. The summed E-state index contributed by atoms with van der Waals surface area (Å²) >= 11 is 1.31. The van der Waals surface area contributed by atoms with Gasteiger partial charge in [0.25, 0.3) is 5.91 Å². The van der Waals surface area contributed by atoms with E-state index in [9.17, 15) is 14.7 Å². The molecule has 9 heteroatoms. The van der Waals surface area contributed by atoms with E-state index in [4.69, 9.17) is 4.74 Å². The van der Waals surface area contributed by atoms with Gasteiger partial charge in [-0.25, -0.2) is 4.79 Å². The minimum Gasteiger partial charge on any atom is -0.478 e. The van der Waals surface area contributed by atoms with Gasteiger partial charge in [0.2, 0.25) is 0 Å². The van der Waals surface area contributed by atoms with Crippen molar-refractivity contribution >= 4 is 33.4 Å². The number of H-pyrrole nitrogens is 1. The van der Waals surface area contributed by atoms with Crippen LogP contribution in [0.15, 0.2) is 29.9 Å². The second kappa shape index (κ2) is 6.34. The number of nitrogens with zero attached hydrogens (tertiary/aromatic N) is 3. The van der Waals surface area contributed by atoms with E-state index in [0.29, 0.717) is 37.5 Å². The van der Waals surface area contributed by atoms with Crippen molar-refractivity contribution in [1.82, 2.24) is 19.7 Å². The molecular formula is C16H16N4O4S. The number of hydrogen-bond donors (Lipinski definition) is 2. The van der Waals surface area contributed by atoms with Crippen LogP contribution in [0, 0.1) is 0 Å². The predicted octanol–water partition coefficient (Wildman–Crippen LogP) is 1.84. The van der Waals surface area contributed by atoms with Crippen molar-refractivity contribution in [2.24, 2.45) is 0 Å². The molecule has 0 bridgehead atoms. The number of carbonyl (C=O) groups is 2. The van der Waals surface area contributed by atoms with Crippen LogP contribution in [-0.2, 0) is 4.74 Å². The first kappa shape index (κ1) is 15.9. The average molecular weight is 360 g/mol. The van der Waals surface area contributed by atoms with Crippen LogP contribution in [0.2, 0.25) is 0 Å². The second-order valence-corrected chi connectivity index (χ2v) is 6.75. The number of carboxylic acids is 1. The molecule has 25 heavy (non-hydrogen) atoms. The van der Waals surface area contributed by atoms with Crippen molar-refractivity contribution in [2.75, 3.05) is 26.3 Å². The van der Waals surface area contributed by atoms with Gasteiger partial charge in [-0.1, -0.05) is 0 Å². The molecule has 1 unspecified atom stereocenters. The van der Waals surface area contributed by atoms with Crippen molar-refractivity contribution in [2.45, 2.75) is 6.04 Å². The summed E-state index contributed by atoms with van der Waals surface area (Å²) in [5.41, 5.74) is 1.08. The number of fused-ring (bicyclic) bond motifs is 1. The Bertz CT molecular complexity index is 914. The molecule has 4 heterocycles. The van der Waals surface area contributed by atoms with E-state index in [2.05, 4.69) is 10.1 Å². The molecule has 3 aromatic heterocycles. The second-order valence-electron chi connectivity index (χ2n) is 5.84. The molecule has 0 saturated carbocycles. The minimum absolute atomic E-state index is 0.0490. The zero-order chi connectivity index (χ0) is 17.4. The first-order chi connectivity index (χ1) is 12.1. The van der Waals surface area contributed by atoms with E-state index >= 15 is 0 Å². The van der Waals surface area contributed by atoms with E-state index < -0.39 is 5.97 Å². The summed E-state index contributed by atoms with van der Waals surface area (Å²) in [6.07, 6.45) is 3.55. The van der Waals surface area contributed by atoms with Crippen LogP contribution >= 0.6 is 11.3 Å². The molecule has 1 saturated heterocycles. The maximum Gasteiger partial charge on any atom is 0.338 e. The van der Waals surface area contributed by atoms with Crippen molar-refractivity contribution in [3.05, 3.63) is 41.2 Å². The lowest BCUT2D eigenvalue weighted by atomic mass is 10.2. The van der Waals surface area contributed by atoms with Gasteiger partial charge < -0.3 is 19.7 Å². The number of rotatable bonds is 3. The van der Waals surface area contributed by atoms with E-state index in [1.165, 1.54) is 11.3 Å². The summed E-state index contributed by atoms with van der Waals surface area (Å²) in [5, 5.41) is 15.0. The molecule has 1 amide bonds. The predicted molar refractivity (Wildman–Crippen MR) is 91.1 cm³/mol. The third kappa shape index (κ3) is 2.92. The molecule has 1 aliphatic heterocycles. The number of thiophene rings is 1. The van der Waals surface area contributed by atoms with Gasteiger partial charge in [-0.3, -0.25) is 9.48 Å². The first-order valence-corrected chi connectivity index (χ1v) is 8.71. The third-order valence-electron chi connectivity index (χ3n) is 4.25. The molecule has 0 radical (unpaired) electrons. The lowest BCUT2D eigenvalue weighted by Gasteiger charge is -2.23. The fourth-order valence-corrected chi connectivity index (χ4v) is 3.91. The highest BCUT2D eigenvalue weighted by atomic mass is 32.1. The van der Waals surface area contributed by atoms with E-state index in [1.807, 2.05) is 12.3 Å².